The molecule has 4 amide bonds. The molecule has 10 heteroatoms. The van der Waals surface area contributed by atoms with Crippen LogP contribution in [0.5, 0.6) is 5.75 Å². The molecule has 0 spiro atoms. The highest BCUT2D eigenvalue weighted by Gasteiger charge is 2.37. The summed E-state index contributed by atoms with van der Waals surface area (Å²) in [7, 11) is 1.66. The molecule has 0 saturated heterocycles. The van der Waals surface area contributed by atoms with Crippen LogP contribution in [-0.4, -0.2) is 71.7 Å². The molecule has 4 rings (SSSR count). The smallest absolute Gasteiger partial charge is 0.250 e. The van der Waals surface area contributed by atoms with Gasteiger partial charge in [0.1, 0.15) is 24.4 Å². The molecule has 3 atom stereocenters. The first kappa shape index (κ1) is 35.9. The van der Waals surface area contributed by atoms with Gasteiger partial charge in [0.2, 0.25) is 23.6 Å². The van der Waals surface area contributed by atoms with E-state index in [0.717, 1.165) is 16.7 Å². The predicted octanol–water partition coefficient (Wildman–Crippen LogP) is 3.82. The average Bonchev–Trinajstić information content (AvgIpc) is 3.09. The van der Waals surface area contributed by atoms with Crippen LogP contribution >= 0.6 is 0 Å². The van der Waals surface area contributed by atoms with Gasteiger partial charge in [-0.15, -0.1) is 0 Å². The van der Waals surface area contributed by atoms with Gasteiger partial charge < -0.3 is 30.5 Å². The van der Waals surface area contributed by atoms with Crippen molar-refractivity contribution in [2.75, 3.05) is 20.1 Å². The maximum Gasteiger partial charge on any atom is 0.250 e. The van der Waals surface area contributed by atoms with Crippen LogP contribution in [0.1, 0.15) is 44.4 Å². The Morgan fingerprint density at radius 2 is 1.46 bits per heavy atom. The summed E-state index contributed by atoms with van der Waals surface area (Å²) < 4.78 is 5.93. The Bertz CT molecular complexity index is 1550. The Morgan fingerprint density at radius 3 is 2.06 bits per heavy atom. The van der Waals surface area contributed by atoms with E-state index in [9.17, 15) is 19.2 Å². The van der Waals surface area contributed by atoms with E-state index in [-0.39, 0.29) is 24.8 Å². The monoisotopic (exact) mass is 653 g/mol. The van der Waals surface area contributed by atoms with E-state index in [1.807, 2.05) is 106 Å². The lowest BCUT2D eigenvalue weighted by molar-refractivity contribution is -0.143. The van der Waals surface area contributed by atoms with Crippen LogP contribution in [0.2, 0.25) is 0 Å². The second kappa shape index (κ2) is 16.7. The summed E-state index contributed by atoms with van der Waals surface area (Å²) in [6.45, 7) is 7.77. The van der Waals surface area contributed by atoms with Crippen LogP contribution in [0.3, 0.4) is 0 Å². The normalized spacial score (nSPS) is 15.9. The van der Waals surface area contributed by atoms with Crippen molar-refractivity contribution in [3.8, 4) is 5.75 Å². The number of carbonyl (C=O) groups is 4. The number of nitrogens with zero attached hydrogens (tertiary/aromatic N) is 2. The molecule has 0 aliphatic carbocycles. The summed E-state index contributed by atoms with van der Waals surface area (Å²) in [5.74, 6) is -0.755. The topological polar surface area (TPSA) is 120 Å². The van der Waals surface area contributed by atoms with Crippen LogP contribution in [0.15, 0.2) is 97.3 Å². The summed E-state index contributed by atoms with van der Waals surface area (Å²) in [5.41, 5.74) is 2.40. The zero-order valence-corrected chi connectivity index (χ0v) is 28.4. The Labute approximate surface area is 283 Å². The highest BCUT2D eigenvalue weighted by molar-refractivity contribution is 5.94. The molecule has 1 aliphatic rings. The van der Waals surface area contributed by atoms with Gasteiger partial charge in [0.05, 0.1) is 12.6 Å². The lowest BCUT2D eigenvalue weighted by Crippen LogP contribution is -2.58. The highest BCUT2D eigenvalue weighted by atomic mass is 16.5. The van der Waals surface area contributed by atoms with Crippen molar-refractivity contribution in [2.24, 2.45) is 5.41 Å². The molecule has 0 bridgehead atoms. The summed E-state index contributed by atoms with van der Waals surface area (Å²) in [4.78, 5) is 56.4. The average molecular weight is 654 g/mol. The number of amides is 4. The van der Waals surface area contributed by atoms with E-state index < -0.39 is 35.4 Å². The Morgan fingerprint density at radius 1 is 0.833 bits per heavy atom. The van der Waals surface area contributed by atoms with Crippen LogP contribution in [0, 0.1) is 5.41 Å². The van der Waals surface area contributed by atoms with Gasteiger partial charge in [-0.1, -0.05) is 93.6 Å². The number of rotatable bonds is 14. The standard InChI is InChI=1S/C38H47N5O5/c1-27(39-5)35(45)41-34(38(2,3)4)36(46)40-25-33(44)43-23-22-42(21-20-28-12-8-6-9-13-28)37(47)32(43)24-29-16-18-31(19-17-29)48-26-30-14-10-7-11-15-30/h6-19,22-23,27,32,34,39H,20-21,24-26H2,1-5H3,(H,40,46)(H,41,45)/t27-,32-,34+/m0/s1. The molecule has 254 valence electrons. The molecule has 10 nitrogen and oxygen atoms in total. The molecule has 3 aromatic rings. The van der Waals surface area contributed by atoms with Crippen molar-refractivity contribution in [3.63, 3.8) is 0 Å². The Hall–Kier alpha value is -4.96. The third kappa shape index (κ3) is 10.0. The predicted molar refractivity (Wildman–Crippen MR) is 185 cm³/mol. The van der Waals surface area contributed by atoms with Gasteiger partial charge in [-0.2, -0.15) is 0 Å². The van der Waals surface area contributed by atoms with Gasteiger partial charge in [-0.25, -0.2) is 0 Å². The van der Waals surface area contributed by atoms with E-state index >= 15 is 0 Å². The first-order chi connectivity index (χ1) is 23.0. The number of hydrogen-bond acceptors (Lipinski definition) is 6. The SMILES string of the molecule is CN[C@@H](C)C(=O)N[C@H](C(=O)NCC(=O)N1C=CN(CCc2ccccc2)C(=O)[C@@H]1Cc1ccc(OCc2ccccc2)cc1)C(C)(C)C. The Kier molecular flexibility index (Phi) is 12.5. The van der Waals surface area contributed by atoms with Crippen molar-refractivity contribution >= 4 is 23.6 Å². The van der Waals surface area contributed by atoms with Crippen LogP contribution in [-0.2, 0) is 38.6 Å². The fourth-order valence-electron chi connectivity index (χ4n) is 5.28. The fraction of sp³-hybridized carbons (Fsp3) is 0.368. The maximum absolute atomic E-state index is 13.9. The van der Waals surface area contributed by atoms with Gasteiger partial charge in [-0.05, 0) is 54.6 Å². The van der Waals surface area contributed by atoms with Crippen molar-refractivity contribution in [2.45, 2.75) is 65.3 Å². The summed E-state index contributed by atoms with van der Waals surface area (Å²) in [6.07, 6.45) is 4.17. The second-order valence-electron chi connectivity index (χ2n) is 13.0. The van der Waals surface area contributed by atoms with Gasteiger partial charge in [0.15, 0.2) is 0 Å². The van der Waals surface area contributed by atoms with Gasteiger partial charge in [-0.3, -0.25) is 19.2 Å². The van der Waals surface area contributed by atoms with Crippen LogP contribution < -0.4 is 20.7 Å². The first-order valence-electron chi connectivity index (χ1n) is 16.3. The van der Waals surface area contributed by atoms with E-state index in [0.29, 0.717) is 25.3 Å². The Balaban J connectivity index is 1.47. The number of nitrogens with one attached hydrogen (secondary N) is 3. The molecule has 1 heterocycles. The van der Waals surface area contributed by atoms with E-state index in [4.69, 9.17) is 4.74 Å². The molecule has 0 aromatic heterocycles. The third-order valence-electron chi connectivity index (χ3n) is 8.34. The third-order valence-corrected chi connectivity index (χ3v) is 8.34. The largest absolute Gasteiger partial charge is 0.489 e. The first-order valence-corrected chi connectivity index (χ1v) is 16.3. The summed E-state index contributed by atoms with van der Waals surface area (Å²) in [5, 5.41) is 8.36. The molecule has 3 aromatic carbocycles. The quantitative estimate of drug-likeness (QED) is 0.244. The van der Waals surface area contributed by atoms with Gasteiger partial charge in [0, 0.05) is 25.4 Å². The van der Waals surface area contributed by atoms with Crippen LogP contribution in [0.4, 0.5) is 0 Å². The minimum Gasteiger partial charge on any atom is -0.489 e. The zero-order valence-electron chi connectivity index (χ0n) is 28.4. The zero-order chi connectivity index (χ0) is 34.7. The molecule has 48 heavy (non-hydrogen) atoms. The molecule has 0 fully saturated rings. The fourth-order valence-corrected chi connectivity index (χ4v) is 5.28. The van der Waals surface area contributed by atoms with Crippen molar-refractivity contribution < 1.29 is 23.9 Å². The number of benzene rings is 3. The number of carbonyl (C=O) groups excluding carboxylic acids is 4. The highest BCUT2D eigenvalue weighted by Crippen LogP contribution is 2.22. The second-order valence-corrected chi connectivity index (χ2v) is 13.0. The van der Waals surface area contributed by atoms with E-state index in [1.54, 1.807) is 31.3 Å². The summed E-state index contributed by atoms with van der Waals surface area (Å²) in [6, 6.07) is 25.1. The molecule has 0 unspecified atom stereocenters. The van der Waals surface area contributed by atoms with Crippen molar-refractivity contribution in [1.29, 1.82) is 0 Å². The number of hydrogen-bond donors (Lipinski definition) is 3. The minimum absolute atomic E-state index is 0.210. The molecular weight excluding hydrogens is 606 g/mol. The maximum atomic E-state index is 13.9. The molecule has 3 N–H and O–H groups in total. The lowest BCUT2D eigenvalue weighted by atomic mass is 9.86. The molecular formula is C38H47N5O5. The number of likely N-dealkylation sites (N-methyl/N-ethyl adjacent to an activating group) is 1. The van der Waals surface area contributed by atoms with Gasteiger partial charge in [0.25, 0.3) is 0 Å². The molecule has 0 radical (unpaired) electrons. The minimum atomic E-state index is -0.876. The number of ether oxygens (including phenoxy) is 1. The molecule has 1 aliphatic heterocycles. The van der Waals surface area contributed by atoms with Crippen molar-refractivity contribution in [3.05, 3.63) is 114 Å². The van der Waals surface area contributed by atoms with E-state index in [2.05, 4.69) is 16.0 Å². The summed E-state index contributed by atoms with van der Waals surface area (Å²) >= 11 is 0. The van der Waals surface area contributed by atoms with Crippen molar-refractivity contribution in [1.82, 2.24) is 25.8 Å². The molecule has 0 saturated carbocycles. The van der Waals surface area contributed by atoms with E-state index in [1.165, 1.54) is 4.90 Å². The van der Waals surface area contributed by atoms with Gasteiger partial charge >= 0.3 is 0 Å². The lowest BCUT2D eigenvalue weighted by Gasteiger charge is -2.36. The van der Waals surface area contributed by atoms with Crippen LogP contribution in [0.25, 0.3) is 0 Å².